The average Bonchev–Trinajstić information content (AvgIpc) is 2.45. The highest BCUT2D eigenvalue weighted by Crippen LogP contribution is 2.27. The van der Waals surface area contributed by atoms with Gasteiger partial charge in [-0.15, -0.1) is 0 Å². The Bertz CT molecular complexity index is 520. The van der Waals surface area contributed by atoms with Gasteiger partial charge in [0, 0.05) is 25.0 Å². The highest BCUT2D eigenvalue weighted by atomic mass is 15.1. The van der Waals surface area contributed by atoms with E-state index in [2.05, 4.69) is 73.6 Å². The molecule has 0 spiro atoms. The van der Waals surface area contributed by atoms with Gasteiger partial charge in [-0.2, -0.15) is 0 Å². The van der Waals surface area contributed by atoms with Crippen molar-refractivity contribution in [1.82, 2.24) is 5.32 Å². The summed E-state index contributed by atoms with van der Waals surface area (Å²) >= 11 is 0. The molecule has 0 amide bonds. The lowest BCUT2D eigenvalue weighted by atomic mass is 10.1. The van der Waals surface area contributed by atoms with Crippen molar-refractivity contribution in [1.29, 1.82) is 0 Å². The van der Waals surface area contributed by atoms with Gasteiger partial charge in [0.05, 0.1) is 0 Å². The van der Waals surface area contributed by atoms with E-state index in [0.29, 0.717) is 0 Å². The first-order valence-corrected chi connectivity index (χ1v) is 6.81. The molecule has 2 nitrogen and oxygen atoms in total. The summed E-state index contributed by atoms with van der Waals surface area (Å²) in [5.41, 5.74) is 5.12. The predicted octanol–water partition coefficient (Wildman–Crippen LogP) is 3.87. The normalized spacial score (nSPS) is 10.5. The molecule has 0 saturated carbocycles. The summed E-state index contributed by atoms with van der Waals surface area (Å²) in [5.74, 6) is 0. The highest BCUT2D eigenvalue weighted by molar-refractivity contribution is 5.66. The fourth-order valence-electron chi connectivity index (χ4n) is 2.23. The number of rotatable bonds is 5. The zero-order chi connectivity index (χ0) is 13.7. The second-order valence-corrected chi connectivity index (χ2v) is 4.81. The molecule has 0 unspecified atom stereocenters. The minimum atomic E-state index is 0.907. The summed E-state index contributed by atoms with van der Waals surface area (Å²) < 4.78 is 0. The van der Waals surface area contributed by atoms with E-state index in [4.69, 9.17) is 0 Å². The van der Waals surface area contributed by atoms with E-state index in [-0.39, 0.29) is 0 Å². The number of benzene rings is 2. The first-order chi connectivity index (χ1) is 9.22. The van der Waals surface area contributed by atoms with Crippen molar-refractivity contribution < 1.29 is 0 Å². The lowest BCUT2D eigenvalue weighted by Gasteiger charge is -2.23. The van der Waals surface area contributed by atoms with Crippen LogP contribution in [0.2, 0.25) is 0 Å². The van der Waals surface area contributed by atoms with Gasteiger partial charge in [-0.05, 0) is 37.2 Å². The van der Waals surface area contributed by atoms with E-state index in [1.54, 1.807) is 0 Å². The van der Waals surface area contributed by atoms with Crippen molar-refractivity contribution in [3.63, 3.8) is 0 Å². The van der Waals surface area contributed by atoms with Crippen LogP contribution in [0.4, 0.5) is 11.4 Å². The Labute approximate surface area is 116 Å². The quantitative estimate of drug-likeness (QED) is 0.871. The van der Waals surface area contributed by atoms with E-state index < -0.39 is 0 Å². The third kappa shape index (κ3) is 3.36. The first-order valence-electron chi connectivity index (χ1n) is 6.81. The summed E-state index contributed by atoms with van der Waals surface area (Å²) in [4.78, 5) is 2.24. The molecule has 0 saturated heterocycles. The van der Waals surface area contributed by atoms with Gasteiger partial charge in [-0.25, -0.2) is 0 Å². The SMILES string of the molecule is CCNCc1cc(C)ccc1N(C)c1ccccc1. The number of aryl methyl sites for hydroxylation is 1. The molecule has 0 aliphatic carbocycles. The first kappa shape index (κ1) is 13.6. The van der Waals surface area contributed by atoms with E-state index in [1.165, 1.54) is 22.5 Å². The third-order valence-corrected chi connectivity index (χ3v) is 3.31. The number of nitrogens with one attached hydrogen (secondary N) is 1. The maximum absolute atomic E-state index is 3.41. The minimum absolute atomic E-state index is 0.907. The van der Waals surface area contributed by atoms with Gasteiger partial charge in [0.25, 0.3) is 0 Å². The topological polar surface area (TPSA) is 15.3 Å². The smallest absolute Gasteiger partial charge is 0.0453 e. The largest absolute Gasteiger partial charge is 0.344 e. The Balaban J connectivity index is 2.32. The number of hydrogen-bond donors (Lipinski definition) is 1. The van der Waals surface area contributed by atoms with Crippen molar-refractivity contribution in [2.45, 2.75) is 20.4 Å². The molecule has 0 atom stereocenters. The van der Waals surface area contributed by atoms with Gasteiger partial charge >= 0.3 is 0 Å². The molecule has 2 aromatic rings. The molecule has 0 aromatic heterocycles. The summed E-state index contributed by atoms with van der Waals surface area (Å²) in [7, 11) is 2.12. The maximum atomic E-state index is 3.41. The van der Waals surface area contributed by atoms with Crippen LogP contribution in [0.25, 0.3) is 0 Å². The Kier molecular flexibility index (Phi) is 4.58. The van der Waals surface area contributed by atoms with Crippen molar-refractivity contribution in [2.24, 2.45) is 0 Å². The molecule has 100 valence electrons. The molecule has 2 heteroatoms. The van der Waals surface area contributed by atoms with Crippen molar-refractivity contribution in [3.8, 4) is 0 Å². The fraction of sp³-hybridized carbons (Fsp3) is 0.294. The molecule has 0 heterocycles. The predicted molar refractivity (Wildman–Crippen MR) is 83.1 cm³/mol. The lowest BCUT2D eigenvalue weighted by molar-refractivity contribution is 0.726. The summed E-state index contributed by atoms with van der Waals surface area (Å²) in [6.07, 6.45) is 0. The molecule has 0 radical (unpaired) electrons. The Morgan fingerprint density at radius 1 is 1.05 bits per heavy atom. The van der Waals surface area contributed by atoms with Crippen molar-refractivity contribution in [2.75, 3.05) is 18.5 Å². The summed E-state index contributed by atoms with van der Waals surface area (Å²) in [6, 6.07) is 17.1. The standard InChI is InChI=1S/C17H22N2/c1-4-18-13-15-12-14(2)10-11-17(15)19(3)16-8-6-5-7-9-16/h5-12,18H,4,13H2,1-3H3. The van der Waals surface area contributed by atoms with E-state index >= 15 is 0 Å². The van der Waals surface area contributed by atoms with E-state index in [0.717, 1.165) is 13.1 Å². The molecule has 0 aliphatic rings. The van der Waals surface area contributed by atoms with Crippen LogP contribution >= 0.6 is 0 Å². The van der Waals surface area contributed by atoms with Gasteiger partial charge in [0.1, 0.15) is 0 Å². The van der Waals surface area contributed by atoms with Crippen LogP contribution in [-0.4, -0.2) is 13.6 Å². The van der Waals surface area contributed by atoms with Crippen LogP contribution in [0.15, 0.2) is 48.5 Å². The second-order valence-electron chi connectivity index (χ2n) is 4.81. The molecule has 0 aliphatic heterocycles. The number of nitrogens with zero attached hydrogens (tertiary/aromatic N) is 1. The minimum Gasteiger partial charge on any atom is -0.344 e. The number of hydrogen-bond acceptors (Lipinski definition) is 2. The molecular weight excluding hydrogens is 232 g/mol. The van der Waals surface area contributed by atoms with Crippen LogP contribution in [0.5, 0.6) is 0 Å². The summed E-state index contributed by atoms with van der Waals surface area (Å²) in [5, 5.41) is 3.41. The van der Waals surface area contributed by atoms with Gasteiger partial charge in [-0.1, -0.05) is 42.8 Å². The van der Waals surface area contributed by atoms with Crippen LogP contribution in [0.1, 0.15) is 18.1 Å². The highest BCUT2D eigenvalue weighted by Gasteiger charge is 2.08. The van der Waals surface area contributed by atoms with Gasteiger partial charge in [0.2, 0.25) is 0 Å². The molecular formula is C17H22N2. The molecule has 0 fully saturated rings. The van der Waals surface area contributed by atoms with Gasteiger partial charge in [-0.3, -0.25) is 0 Å². The second kappa shape index (κ2) is 6.39. The maximum Gasteiger partial charge on any atom is 0.0453 e. The zero-order valence-electron chi connectivity index (χ0n) is 12.0. The Morgan fingerprint density at radius 3 is 2.47 bits per heavy atom. The number of para-hydroxylation sites is 1. The lowest BCUT2D eigenvalue weighted by Crippen LogP contribution is -2.17. The van der Waals surface area contributed by atoms with Gasteiger partial charge in [0.15, 0.2) is 0 Å². The van der Waals surface area contributed by atoms with Crippen LogP contribution in [-0.2, 0) is 6.54 Å². The molecule has 19 heavy (non-hydrogen) atoms. The zero-order valence-corrected chi connectivity index (χ0v) is 12.0. The summed E-state index contributed by atoms with van der Waals surface area (Å²) in [6.45, 7) is 6.17. The average molecular weight is 254 g/mol. The van der Waals surface area contributed by atoms with Crippen LogP contribution in [0, 0.1) is 6.92 Å². The van der Waals surface area contributed by atoms with Crippen molar-refractivity contribution in [3.05, 3.63) is 59.7 Å². The van der Waals surface area contributed by atoms with E-state index in [9.17, 15) is 0 Å². The Morgan fingerprint density at radius 2 is 1.79 bits per heavy atom. The van der Waals surface area contributed by atoms with E-state index in [1.807, 2.05) is 6.07 Å². The molecule has 2 rings (SSSR count). The van der Waals surface area contributed by atoms with Crippen molar-refractivity contribution >= 4 is 11.4 Å². The van der Waals surface area contributed by atoms with Crippen LogP contribution < -0.4 is 10.2 Å². The fourth-order valence-corrected chi connectivity index (χ4v) is 2.23. The Hall–Kier alpha value is -1.80. The monoisotopic (exact) mass is 254 g/mol. The van der Waals surface area contributed by atoms with Crippen LogP contribution in [0.3, 0.4) is 0 Å². The molecule has 2 aromatic carbocycles. The molecule has 1 N–H and O–H groups in total. The number of anilines is 2. The molecule has 0 bridgehead atoms. The third-order valence-electron chi connectivity index (χ3n) is 3.31. The van der Waals surface area contributed by atoms with Gasteiger partial charge < -0.3 is 10.2 Å².